The first kappa shape index (κ1) is 19.9. The lowest BCUT2D eigenvalue weighted by molar-refractivity contribution is 0.549. The summed E-state index contributed by atoms with van der Waals surface area (Å²) in [6.45, 7) is -0.538. The van der Waals surface area contributed by atoms with Crippen LogP contribution in [0, 0.1) is 0 Å². The highest BCUT2D eigenvalue weighted by Crippen LogP contribution is 2.36. The second-order valence-electron chi connectivity index (χ2n) is 6.58. The first-order valence-corrected chi connectivity index (χ1v) is 11.7. The molecule has 0 amide bonds. The van der Waals surface area contributed by atoms with E-state index in [0.29, 0.717) is 23.0 Å². The molecule has 6 nitrogen and oxygen atoms in total. The summed E-state index contributed by atoms with van der Waals surface area (Å²) in [5.41, 5.74) is 3.07. The number of pyridine rings is 1. The van der Waals surface area contributed by atoms with Crippen LogP contribution in [0.5, 0.6) is 0 Å². The van der Waals surface area contributed by atoms with Crippen LogP contribution in [0.1, 0.15) is 24.1 Å². The number of halogens is 2. The summed E-state index contributed by atoms with van der Waals surface area (Å²) in [6, 6.07) is 7.21. The molecule has 1 aromatic carbocycles. The van der Waals surface area contributed by atoms with E-state index in [-0.39, 0.29) is 13.1 Å². The van der Waals surface area contributed by atoms with Crippen molar-refractivity contribution in [3.8, 4) is 0 Å². The Morgan fingerprint density at radius 3 is 2.15 bits per heavy atom. The quantitative estimate of drug-likeness (QED) is 0.643. The van der Waals surface area contributed by atoms with Gasteiger partial charge in [-0.25, -0.2) is 0 Å². The van der Waals surface area contributed by atoms with Gasteiger partial charge in [0.1, 0.15) is 0 Å². The zero-order valence-electron chi connectivity index (χ0n) is 14.6. The van der Waals surface area contributed by atoms with Crippen LogP contribution in [0.15, 0.2) is 24.3 Å². The number of hydrogen-bond acceptors (Lipinski definition) is 6. The summed E-state index contributed by atoms with van der Waals surface area (Å²) in [5.74, 6) is -1.60. The number of benzene rings is 1. The number of rotatable bonds is 7. The number of hydrogen-bond donors (Lipinski definition) is 0. The summed E-state index contributed by atoms with van der Waals surface area (Å²) >= 11 is 0. The fourth-order valence-corrected chi connectivity index (χ4v) is 4.36. The molecule has 10 heteroatoms. The van der Waals surface area contributed by atoms with Crippen LogP contribution in [-0.2, 0) is 33.3 Å². The fraction of sp³-hybridized carbons (Fsp3) is 0.471. The minimum absolute atomic E-state index is 0.269. The molecule has 0 aliphatic heterocycles. The Bertz CT molecular complexity index is 1020. The monoisotopic (exact) mass is 418 g/mol. The maximum absolute atomic E-state index is 13.1. The van der Waals surface area contributed by atoms with Crippen molar-refractivity contribution < 1.29 is 24.6 Å². The Morgan fingerprint density at radius 1 is 0.926 bits per heavy atom. The van der Waals surface area contributed by atoms with Gasteiger partial charge in [0.15, 0.2) is 0 Å². The lowest BCUT2D eigenvalue weighted by atomic mass is 9.92. The zero-order chi connectivity index (χ0) is 19.7. The molecule has 0 bridgehead atoms. The van der Waals surface area contributed by atoms with E-state index in [1.165, 1.54) is 4.90 Å². The highest BCUT2D eigenvalue weighted by Gasteiger charge is 2.24. The first-order valence-electron chi connectivity index (χ1n) is 8.64. The molecule has 0 saturated carbocycles. The van der Waals surface area contributed by atoms with Crippen molar-refractivity contribution in [2.45, 2.75) is 25.7 Å². The smallest absolute Gasteiger partial charge is 0.304 e. The molecule has 1 heterocycles. The Balaban J connectivity index is 2.12. The van der Waals surface area contributed by atoms with Gasteiger partial charge in [-0.1, -0.05) is 18.2 Å². The van der Waals surface area contributed by atoms with Crippen LogP contribution in [0.4, 0.5) is 13.5 Å². The molecule has 0 saturated heterocycles. The van der Waals surface area contributed by atoms with Crippen LogP contribution in [0.3, 0.4) is 0 Å². The molecule has 1 aliphatic rings. The Hall–Kier alpha value is -1.81. The molecular formula is C17H20F2N2O4S2. The number of aromatic nitrogens is 1. The number of anilines is 1. The van der Waals surface area contributed by atoms with Crippen molar-refractivity contribution in [3.63, 3.8) is 0 Å². The maximum Gasteiger partial charge on any atom is 0.304 e. The van der Waals surface area contributed by atoms with E-state index >= 15 is 0 Å². The molecule has 2 aromatic rings. The number of para-hydroxylation sites is 1. The van der Waals surface area contributed by atoms with Gasteiger partial charge in [-0.3, -0.25) is 4.98 Å². The molecule has 1 aliphatic carbocycles. The van der Waals surface area contributed by atoms with Crippen LogP contribution in [0.25, 0.3) is 10.9 Å². The molecule has 3 rings (SSSR count). The average molecular weight is 418 g/mol. The minimum atomic E-state index is -4.76. The third kappa shape index (κ3) is 5.13. The van der Waals surface area contributed by atoms with Crippen molar-refractivity contribution in [1.82, 2.24) is 4.98 Å². The second kappa shape index (κ2) is 7.67. The van der Waals surface area contributed by atoms with Gasteiger partial charge in [0.25, 0.3) is 0 Å². The summed E-state index contributed by atoms with van der Waals surface area (Å²) in [6.07, 6.45) is 3.33. The topological polar surface area (TPSA) is 84.4 Å². The summed E-state index contributed by atoms with van der Waals surface area (Å²) in [5, 5.41) is 0.714. The van der Waals surface area contributed by atoms with E-state index in [9.17, 15) is 24.6 Å². The molecule has 0 N–H and O–H groups in total. The molecule has 148 valence electrons. The van der Waals surface area contributed by atoms with Crippen molar-refractivity contribution in [3.05, 3.63) is 35.5 Å². The zero-order valence-corrected chi connectivity index (χ0v) is 16.2. The van der Waals surface area contributed by atoms with E-state index in [4.69, 9.17) is 0 Å². The molecule has 0 fully saturated rings. The van der Waals surface area contributed by atoms with Gasteiger partial charge >= 0.3 is 20.4 Å². The number of fused-ring (bicyclic) bond motifs is 2. The Morgan fingerprint density at radius 2 is 1.52 bits per heavy atom. The van der Waals surface area contributed by atoms with Crippen molar-refractivity contribution in [1.29, 1.82) is 0 Å². The van der Waals surface area contributed by atoms with Gasteiger partial charge in [0.2, 0.25) is 0 Å². The van der Waals surface area contributed by atoms with Gasteiger partial charge in [-0.2, -0.15) is 16.8 Å². The van der Waals surface area contributed by atoms with E-state index < -0.39 is 32.0 Å². The van der Waals surface area contributed by atoms with Gasteiger partial charge in [-0.15, -0.1) is 7.77 Å². The van der Waals surface area contributed by atoms with E-state index in [0.717, 1.165) is 30.5 Å². The van der Waals surface area contributed by atoms with Gasteiger partial charge in [0, 0.05) is 24.2 Å². The lowest BCUT2D eigenvalue weighted by Crippen LogP contribution is -2.34. The maximum atomic E-state index is 13.1. The van der Waals surface area contributed by atoms with Crippen LogP contribution in [0.2, 0.25) is 0 Å². The van der Waals surface area contributed by atoms with Gasteiger partial charge in [-0.05, 0) is 37.3 Å². The highest BCUT2D eigenvalue weighted by molar-refractivity contribution is 7.86. The van der Waals surface area contributed by atoms with Crippen molar-refractivity contribution in [2.24, 2.45) is 0 Å². The molecule has 0 unspecified atom stereocenters. The second-order valence-corrected chi connectivity index (χ2v) is 9.55. The van der Waals surface area contributed by atoms with E-state index in [1.807, 2.05) is 12.1 Å². The summed E-state index contributed by atoms with van der Waals surface area (Å²) in [4.78, 5) is 6.13. The molecule has 1 aromatic heterocycles. The van der Waals surface area contributed by atoms with E-state index in [1.54, 1.807) is 12.1 Å². The van der Waals surface area contributed by atoms with Crippen LogP contribution in [-0.4, -0.2) is 46.4 Å². The predicted molar refractivity (Wildman–Crippen MR) is 100 cm³/mol. The standard InChI is InChI=1S/C17H20F2N2O4S2/c18-26(22,23)11-9-21(10-12-27(19,24)25)17-13-5-1-3-7-15(13)20-16-8-4-2-6-14(16)17/h1,3,5,7H,2,4,6,8-12H2. The fourth-order valence-electron chi connectivity index (χ4n) is 3.48. The van der Waals surface area contributed by atoms with Gasteiger partial charge < -0.3 is 4.90 Å². The Kier molecular flexibility index (Phi) is 5.66. The normalized spacial score (nSPS) is 14.9. The SMILES string of the molecule is O=S(=O)(F)CCN(CCS(=O)(=O)F)c1c2c(nc3ccccc13)CCCC2. The van der Waals surface area contributed by atoms with Gasteiger partial charge in [0.05, 0.1) is 22.7 Å². The largest absolute Gasteiger partial charge is 0.368 e. The Labute approximate surface area is 157 Å². The average Bonchev–Trinajstić information content (AvgIpc) is 2.58. The van der Waals surface area contributed by atoms with Crippen LogP contribution >= 0.6 is 0 Å². The lowest BCUT2D eigenvalue weighted by Gasteiger charge is -2.30. The summed E-state index contributed by atoms with van der Waals surface area (Å²) < 4.78 is 70.4. The number of nitrogens with zero attached hydrogens (tertiary/aromatic N) is 2. The molecular weight excluding hydrogens is 398 g/mol. The summed E-state index contributed by atoms with van der Waals surface area (Å²) in [7, 11) is -9.51. The third-order valence-corrected chi connectivity index (χ3v) is 6.01. The highest BCUT2D eigenvalue weighted by atomic mass is 32.3. The van der Waals surface area contributed by atoms with E-state index in [2.05, 4.69) is 4.98 Å². The minimum Gasteiger partial charge on any atom is -0.368 e. The van der Waals surface area contributed by atoms with Crippen molar-refractivity contribution in [2.75, 3.05) is 29.5 Å². The number of aryl methyl sites for hydroxylation is 1. The van der Waals surface area contributed by atoms with Crippen LogP contribution < -0.4 is 4.90 Å². The molecule has 27 heavy (non-hydrogen) atoms. The molecule has 0 radical (unpaired) electrons. The van der Waals surface area contributed by atoms with Crippen molar-refractivity contribution >= 4 is 37.0 Å². The molecule has 0 spiro atoms. The molecule has 0 atom stereocenters. The first-order chi connectivity index (χ1) is 12.6. The third-order valence-electron chi connectivity index (χ3n) is 4.67. The predicted octanol–water partition coefficient (Wildman–Crippen LogP) is 2.52.